The van der Waals surface area contributed by atoms with E-state index < -0.39 is 11.2 Å². The number of amides is 3. The standard InChI is InChI=1S/C25H36N8O3/c1-25(2,27)22(34)31-11-13-32(14-12-31)23(35)29-21-9-10-33(24(36)30-21)20-7-3-17(4-8-20)16-28-19-6-5-18(26)15-19/h3-4,7-10,18-19,28H,5-6,11-16,26-27H2,1-2H3,(H,29,30,35,36)/t18-,19+/m1/s1. The Kier molecular flexibility index (Phi) is 7.72. The molecule has 0 unspecified atom stereocenters. The van der Waals surface area contributed by atoms with E-state index in [1.54, 1.807) is 35.9 Å². The highest BCUT2D eigenvalue weighted by molar-refractivity contribution is 5.89. The van der Waals surface area contributed by atoms with Gasteiger partial charge in [0.15, 0.2) is 0 Å². The van der Waals surface area contributed by atoms with Gasteiger partial charge in [0, 0.05) is 51.0 Å². The molecule has 1 aliphatic heterocycles. The van der Waals surface area contributed by atoms with Crippen molar-refractivity contribution in [3.63, 3.8) is 0 Å². The van der Waals surface area contributed by atoms with Crippen molar-refractivity contribution in [1.29, 1.82) is 0 Å². The van der Waals surface area contributed by atoms with Gasteiger partial charge in [0.1, 0.15) is 5.82 Å². The Balaban J connectivity index is 1.31. The van der Waals surface area contributed by atoms with E-state index in [4.69, 9.17) is 11.5 Å². The third-order valence-corrected chi connectivity index (χ3v) is 6.73. The van der Waals surface area contributed by atoms with Crippen LogP contribution in [0.1, 0.15) is 38.7 Å². The highest BCUT2D eigenvalue weighted by Crippen LogP contribution is 2.18. The summed E-state index contributed by atoms with van der Waals surface area (Å²) in [4.78, 5) is 44.9. The molecule has 0 spiro atoms. The highest BCUT2D eigenvalue weighted by atomic mass is 16.2. The van der Waals surface area contributed by atoms with Crippen LogP contribution in [0.5, 0.6) is 0 Å². The second-order valence-electron chi connectivity index (χ2n) is 10.2. The molecule has 194 valence electrons. The zero-order valence-electron chi connectivity index (χ0n) is 20.9. The Labute approximate surface area is 210 Å². The number of nitrogens with zero attached hydrogens (tertiary/aromatic N) is 4. The van der Waals surface area contributed by atoms with Gasteiger partial charge >= 0.3 is 11.7 Å². The molecule has 0 bridgehead atoms. The number of piperazine rings is 1. The Morgan fingerprint density at radius 1 is 1.06 bits per heavy atom. The molecule has 2 atom stereocenters. The molecule has 4 rings (SSSR count). The summed E-state index contributed by atoms with van der Waals surface area (Å²) in [6.45, 7) is 5.65. The van der Waals surface area contributed by atoms with Crippen LogP contribution < -0.4 is 27.8 Å². The quantitative estimate of drug-likeness (QED) is 0.457. The van der Waals surface area contributed by atoms with Crippen LogP contribution in [0.4, 0.5) is 10.6 Å². The monoisotopic (exact) mass is 496 g/mol. The van der Waals surface area contributed by atoms with Gasteiger partial charge in [0.2, 0.25) is 5.91 Å². The number of anilines is 1. The van der Waals surface area contributed by atoms with E-state index in [0.29, 0.717) is 44.0 Å². The lowest BCUT2D eigenvalue weighted by Gasteiger charge is -2.37. The first-order chi connectivity index (χ1) is 17.1. The molecule has 2 aliphatic rings. The molecule has 2 aromatic rings. The predicted molar refractivity (Wildman–Crippen MR) is 138 cm³/mol. The SMILES string of the molecule is CC(C)(N)C(=O)N1CCN(C(=O)Nc2ccn(-c3ccc(CN[C@H]4CC[C@@H](N)C4)cc3)c(=O)n2)CC1. The largest absolute Gasteiger partial charge is 0.354 e. The summed E-state index contributed by atoms with van der Waals surface area (Å²) in [5, 5.41) is 6.21. The number of carbonyl (C=O) groups is 2. The third-order valence-electron chi connectivity index (χ3n) is 6.73. The molecule has 11 heteroatoms. The van der Waals surface area contributed by atoms with Crippen molar-refractivity contribution < 1.29 is 9.59 Å². The van der Waals surface area contributed by atoms with Crippen LogP contribution in [0.25, 0.3) is 5.69 Å². The van der Waals surface area contributed by atoms with Crippen molar-refractivity contribution in [2.24, 2.45) is 11.5 Å². The summed E-state index contributed by atoms with van der Waals surface area (Å²) in [7, 11) is 0. The predicted octanol–water partition coefficient (Wildman–Crippen LogP) is 0.615. The minimum Gasteiger partial charge on any atom is -0.338 e. The molecule has 3 amide bonds. The van der Waals surface area contributed by atoms with Gasteiger partial charge in [0.05, 0.1) is 11.2 Å². The van der Waals surface area contributed by atoms with Crippen molar-refractivity contribution in [3.05, 3.63) is 52.6 Å². The number of urea groups is 1. The van der Waals surface area contributed by atoms with E-state index in [0.717, 1.165) is 31.4 Å². The smallest absolute Gasteiger partial charge is 0.338 e. The normalized spacial score (nSPS) is 20.4. The fourth-order valence-electron chi connectivity index (χ4n) is 4.62. The van der Waals surface area contributed by atoms with E-state index in [-0.39, 0.29) is 17.8 Å². The first kappa shape index (κ1) is 25.8. The van der Waals surface area contributed by atoms with Gasteiger partial charge < -0.3 is 26.6 Å². The van der Waals surface area contributed by atoms with Gasteiger partial charge in [-0.15, -0.1) is 0 Å². The van der Waals surface area contributed by atoms with E-state index in [9.17, 15) is 14.4 Å². The van der Waals surface area contributed by atoms with E-state index in [2.05, 4.69) is 15.6 Å². The maximum absolute atomic E-state index is 12.6. The van der Waals surface area contributed by atoms with Gasteiger partial charge in [-0.25, -0.2) is 9.59 Å². The van der Waals surface area contributed by atoms with Crippen molar-refractivity contribution in [2.45, 2.75) is 57.3 Å². The Bertz CT molecular complexity index is 1130. The zero-order valence-corrected chi connectivity index (χ0v) is 20.9. The summed E-state index contributed by atoms with van der Waals surface area (Å²) >= 11 is 0. The van der Waals surface area contributed by atoms with Crippen LogP contribution in [0.15, 0.2) is 41.3 Å². The van der Waals surface area contributed by atoms with Crippen LogP contribution in [0.3, 0.4) is 0 Å². The van der Waals surface area contributed by atoms with E-state index >= 15 is 0 Å². The van der Waals surface area contributed by atoms with Gasteiger partial charge in [0.25, 0.3) is 0 Å². The fourth-order valence-corrected chi connectivity index (χ4v) is 4.62. The molecule has 6 N–H and O–H groups in total. The molecule has 1 saturated carbocycles. The van der Waals surface area contributed by atoms with Crippen molar-refractivity contribution in [3.8, 4) is 5.69 Å². The number of nitrogens with one attached hydrogen (secondary N) is 2. The van der Waals surface area contributed by atoms with E-state index in [1.165, 1.54) is 4.57 Å². The van der Waals surface area contributed by atoms with Gasteiger partial charge in [-0.1, -0.05) is 12.1 Å². The van der Waals surface area contributed by atoms with Crippen LogP contribution >= 0.6 is 0 Å². The molecule has 0 radical (unpaired) electrons. The summed E-state index contributed by atoms with van der Waals surface area (Å²) in [5.74, 6) is 0.0362. The zero-order chi connectivity index (χ0) is 25.9. The number of rotatable bonds is 6. The van der Waals surface area contributed by atoms with Crippen molar-refractivity contribution >= 4 is 17.8 Å². The third kappa shape index (κ3) is 6.28. The molecule has 1 aromatic heterocycles. The first-order valence-electron chi connectivity index (χ1n) is 12.4. The summed E-state index contributed by atoms with van der Waals surface area (Å²) in [6.07, 6.45) is 4.77. The second-order valence-corrected chi connectivity index (χ2v) is 10.2. The van der Waals surface area contributed by atoms with E-state index in [1.807, 2.05) is 24.3 Å². The first-order valence-corrected chi connectivity index (χ1v) is 12.4. The summed E-state index contributed by atoms with van der Waals surface area (Å²) < 4.78 is 1.43. The molecular weight excluding hydrogens is 460 g/mol. The maximum atomic E-state index is 12.6. The lowest BCUT2D eigenvalue weighted by atomic mass is 10.1. The number of carbonyl (C=O) groups excluding carboxylic acids is 2. The van der Waals surface area contributed by atoms with Crippen LogP contribution in [-0.4, -0.2) is 75.1 Å². The number of hydrogen-bond donors (Lipinski definition) is 4. The van der Waals surface area contributed by atoms with Crippen LogP contribution in [-0.2, 0) is 11.3 Å². The minimum absolute atomic E-state index is 0.143. The van der Waals surface area contributed by atoms with Crippen LogP contribution in [0.2, 0.25) is 0 Å². The van der Waals surface area contributed by atoms with Crippen LogP contribution in [0, 0.1) is 0 Å². The molecule has 1 aromatic carbocycles. The molecule has 2 fully saturated rings. The van der Waals surface area contributed by atoms with Crippen molar-refractivity contribution in [2.75, 3.05) is 31.5 Å². The molecular formula is C25H36N8O3. The van der Waals surface area contributed by atoms with Gasteiger partial charge in [-0.3, -0.25) is 14.7 Å². The fraction of sp³-hybridized carbons (Fsp3) is 0.520. The average Bonchev–Trinajstić information content (AvgIpc) is 3.27. The average molecular weight is 497 g/mol. The summed E-state index contributed by atoms with van der Waals surface area (Å²) in [6, 6.07) is 9.70. The number of aromatic nitrogens is 2. The van der Waals surface area contributed by atoms with Gasteiger partial charge in [-0.05, 0) is 56.9 Å². The maximum Gasteiger partial charge on any atom is 0.354 e. The lowest BCUT2D eigenvalue weighted by Crippen LogP contribution is -2.58. The highest BCUT2D eigenvalue weighted by Gasteiger charge is 2.31. The molecule has 36 heavy (non-hydrogen) atoms. The summed E-state index contributed by atoms with van der Waals surface area (Å²) in [5.41, 5.74) is 12.3. The Hall–Kier alpha value is -3.28. The molecule has 11 nitrogen and oxygen atoms in total. The second kappa shape index (κ2) is 10.8. The Morgan fingerprint density at radius 3 is 2.31 bits per heavy atom. The number of nitrogens with two attached hydrogens (primary N) is 2. The number of benzene rings is 1. The number of hydrogen-bond acceptors (Lipinski definition) is 7. The van der Waals surface area contributed by atoms with Crippen molar-refractivity contribution in [1.82, 2.24) is 24.7 Å². The molecule has 2 heterocycles. The topological polar surface area (TPSA) is 152 Å². The molecule has 1 saturated heterocycles. The van der Waals surface area contributed by atoms with Gasteiger partial charge in [-0.2, -0.15) is 4.98 Å². The lowest BCUT2D eigenvalue weighted by molar-refractivity contribution is -0.137. The Morgan fingerprint density at radius 2 is 1.72 bits per heavy atom. The molecule has 1 aliphatic carbocycles. The minimum atomic E-state index is -0.945.